The number of methoxy groups -OCH3 is 2. The van der Waals surface area contributed by atoms with Crippen LogP contribution in [0.15, 0.2) is 60.7 Å². The SMILES string of the molecule is COc1ccc(CCOc2cccc(-c3cccc(C(=O)O)c3)n2)c(OC)c1. The molecular weight excluding hydrogens is 358 g/mol. The molecule has 0 aliphatic carbocycles. The summed E-state index contributed by atoms with van der Waals surface area (Å²) < 4.78 is 16.4. The van der Waals surface area contributed by atoms with Crippen molar-refractivity contribution in [2.24, 2.45) is 0 Å². The molecule has 28 heavy (non-hydrogen) atoms. The summed E-state index contributed by atoms with van der Waals surface area (Å²) in [6.07, 6.45) is 0.646. The molecule has 1 aromatic heterocycles. The third-order valence-corrected chi connectivity index (χ3v) is 4.24. The van der Waals surface area contributed by atoms with Crippen molar-refractivity contribution in [3.63, 3.8) is 0 Å². The Hall–Kier alpha value is -3.54. The number of carboxylic acid groups (broad SMARTS) is 1. The minimum absolute atomic E-state index is 0.220. The van der Waals surface area contributed by atoms with E-state index in [1.165, 1.54) is 0 Å². The van der Waals surface area contributed by atoms with Gasteiger partial charge in [-0.3, -0.25) is 0 Å². The van der Waals surface area contributed by atoms with Gasteiger partial charge in [0, 0.05) is 24.1 Å². The summed E-state index contributed by atoms with van der Waals surface area (Å²) in [5, 5.41) is 9.15. The Morgan fingerprint density at radius 2 is 1.82 bits per heavy atom. The highest BCUT2D eigenvalue weighted by molar-refractivity contribution is 5.89. The smallest absolute Gasteiger partial charge is 0.335 e. The molecule has 0 saturated heterocycles. The quantitative estimate of drug-likeness (QED) is 0.635. The molecule has 2 aromatic carbocycles. The van der Waals surface area contributed by atoms with Gasteiger partial charge in [0.15, 0.2) is 0 Å². The van der Waals surface area contributed by atoms with Crippen LogP contribution in [0.4, 0.5) is 0 Å². The molecule has 144 valence electrons. The molecule has 1 heterocycles. The molecule has 0 amide bonds. The van der Waals surface area contributed by atoms with Gasteiger partial charge in [-0.05, 0) is 29.8 Å². The molecule has 3 rings (SSSR count). The van der Waals surface area contributed by atoms with Gasteiger partial charge in [0.1, 0.15) is 11.5 Å². The number of aromatic nitrogens is 1. The number of benzene rings is 2. The molecule has 0 fully saturated rings. The fourth-order valence-electron chi connectivity index (χ4n) is 2.79. The largest absolute Gasteiger partial charge is 0.497 e. The van der Waals surface area contributed by atoms with E-state index >= 15 is 0 Å². The van der Waals surface area contributed by atoms with E-state index < -0.39 is 5.97 Å². The van der Waals surface area contributed by atoms with Crippen LogP contribution in [-0.4, -0.2) is 36.9 Å². The van der Waals surface area contributed by atoms with E-state index in [1.807, 2.05) is 36.4 Å². The molecule has 3 aromatic rings. The molecule has 1 N–H and O–H groups in total. The molecule has 0 atom stereocenters. The Labute approximate surface area is 163 Å². The lowest BCUT2D eigenvalue weighted by Gasteiger charge is -2.11. The number of hydrogen-bond acceptors (Lipinski definition) is 5. The van der Waals surface area contributed by atoms with Crippen LogP contribution in [0.5, 0.6) is 17.4 Å². The molecule has 0 aliphatic heterocycles. The van der Waals surface area contributed by atoms with Crippen molar-refractivity contribution in [3.8, 4) is 28.6 Å². The Kier molecular flexibility index (Phi) is 6.11. The van der Waals surface area contributed by atoms with E-state index in [0.29, 0.717) is 24.6 Å². The van der Waals surface area contributed by atoms with Crippen molar-refractivity contribution >= 4 is 5.97 Å². The van der Waals surface area contributed by atoms with E-state index in [4.69, 9.17) is 19.3 Å². The maximum Gasteiger partial charge on any atom is 0.335 e. The minimum atomic E-state index is -0.970. The van der Waals surface area contributed by atoms with Crippen molar-refractivity contribution in [3.05, 3.63) is 71.8 Å². The van der Waals surface area contributed by atoms with Crippen molar-refractivity contribution in [2.45, 2.75) is 6.42 Å². The minimum Gasteiger partial charge on any atom is -0.497 e. The van der Waals surface area contributed by atoms with E-state index in [2.05, 4.69) is 4.98 Å². The average molecular weight is 379 g/mol. The normalized spacial score (nSPS) is 10.4. The zero-order valence-electron chi connectivity index (χ0n) is 15.7. The number of aromatic carboxylic acids is 1. The predicted octanol–water partition coefficient (Wildman–Crippen LogP) is 4.09. The summed E-state index contributed by atoms with van der Waals surface area (Å²) in [6, 6.07) is 17.8. The molecule has 0 saturated carbocycles. The third-order valence-electron chi connectivity index (χ3n) is 4.24. The van der Waals surface area contributed by atoms with Gasteiger partial charge >= 0.3 is 5.97 Å². The topological polar surface area (TPSA) is 77.9 Å². The Morgan fingerprint density at radius 3 is 2.57 bits per heavy atom. The second-order valence-electron chi connectivity index (χ2n) is 6.02. The van der Waals surface area contributed by atoms with Gasteiger partial charge in [-0.1, -0.05) is 24.3 Å². The Morgan fingerprint density at radius 1 is 1.00 bits per heavy atom. The lowest BCUT2D eigenvalue weighted by molar-refractivity contribution is 0.0697. The van der Waals surface area contributed by atoms with Gasteiger partial charge < -0.3 is 19.3 Å². The van der Waals surface area contributed by atoms with Crippen LogP contribution >= 0.6 is 0 Å². The first kappa shape index (κ1) is 19.2. The second-order valence-corrected chi connectivity index (χ2v) is 6.02. The summed E-state index contributed by atoms with van der Waals surface area (Å²) in [5.41, 5.74) is 2.61. The zero-order chi connectivity index (χ0) is 19.9. The van der Waals surface area contributed by atoms with Crippen LogP contribution in [0.3, 0.4) is 0 Å². The number of ether oxygens (including phenoxy) is 3. The van der Waals surface area contributed by atoms with Gasteiger partial charge in [-0.2, -0.15) is 0 Å². The summed E-state index contributed by atoms with van der Waals surface area (Å²) in [7, 11) is 3.23. The highest BCUT2D eigenvalue weighted by Gasteiger charge is 2.08. The van der Waals surface area contributed by atoms with Crippen molar-refractivity contribution in [1.82, 2.24) is 4.98 Å². The molecule has 0 unspecified atom stereocenters. The second kappa shape index (κ2) is 8.90. The van der Waals surface area contributed by atoms with Crippen LogP contribution in [0.1, 0.15) is 15.9 Å². The fraction of sp³-hybridized carbons (Fsp3) is 0.182. The highest BCUT2D eigenvalue weighted by atomic mass is 16.5. The van der Waals surface area contributed by atoms with Crippen LogP contribution in [0, 0.1) is 0 Å². The van der Waals surface area contributed by atoms with E-state index in [0.717, 1.165) is 22.6 Å². The first-order valence-corrected chi connectivity index (χ1v) is 8.75. The van der Waals surface area contributed by atoms with Crippen LogP contribution < -0.4 is 14.2 Å². The predicted molar refractivity (Wildman–Crippen MR) is 105 cm³/mol. The van der Waals surface area contributed by atoms with E-state index in [1.54, 1.807) is 38.5 Å². The molecule has 6 heteroatoms. The van der Waals surface area contributed by atoms with Gasteiger partial charge in [0.25, 0.3) is 0 Å². The van der Waals surface area contributed by atoms with E-state index in [-0.39, 0.29) is 5.56 Å². The number of rotatable bonds is 8. The maximum atomic E-state index is 11.2. The molecular formula is C22H21NO5. The first-order chi connectivity index (χ1) is 13.6. The fourth-order valence-corrected chi connectivity index (χ4v) is 2.79. The van der Waals surface area contributed by atoms with Gasteiger partial charge in [-0.25, -0.2) is 9.78 Å². The summed E-state index contributed by atoms with van der Waals surface area (Å²) in [5.74, 6) is 0.989. The Bertz CT molecular complexity index is 971. The standard InChI is InChI=1S/C22H21NO5/c1-26-18-10-9-15(20(14-18)27-2)11-12-28-21-8-4-7-19(23-21)16-5-3-6-17(13-16)22(24)25/h3-10,13-14H,11-12H2,1-2H3,(H,24,25). The number of carbonyl (C=O) groups is 1. The summed E-state index contributed by atoms with van der Waals surface area (Å²) >= 11 is 0. The third kappa shape index (κ3) is 4.59. The molecule has 0 bridgehead atoms. The molecule has 0 radical (unpaired) electrons. The number of carboxylic acids is 1. The van der Waals surface area contributed by atoms with E-state index in [9.17, 15) is 4.79 Å². The monoisotopic (exact) mass is 379 g/mol. The Balaban J connectivity index is 1.69. The lowest BCUT2D eigenvalue weighted by Crippen LogP contribution is -2.04. The molecule has 6 nitrogen and oxygen atoms in total. The summed E-state index contributed by atoms with van der Waals surface area (Å²) in [6.45, 7) is 0.425. The first-order valence-electron chi connectivity index (χ1n) is 8.75. The lowest BCUT2D eigenvalue weighted by atomic mass is 10.1. The van der Waals surface area contributed by atoms with Crippen molar-refractivity contribution in [2.75, 3.05) is 20.8 Å². The average Bonchev–Trinajstić information content (AvgIpc) is 2.74. The van der Waals surface area contributed by atoms with Crippen LogP contribution in [0.2, 0.25) is 0 Å². The van der Waals surface area contributed by atoms with Crippen LogP contribution in [0.25, 0.3) is 11.3 Å². The van der Waals surface area contributed by atoms with Gasteiger partial charge in [0.2, 0.25) is 5.88 Å². The summed E-state index contributed by atoms with van der Waals surface area (Å²) in [4.78, 5) is 15.6. The highest BCUT2D eigenvalue weighted by Crippen LogP contribution is 2.25. The van der Waals surface area contributed by atoms with Gasteiger partial charge in [-0.15, -0.1) is 0 Å². The molecule has 0 aliphatic rings. The number of pyridine rings is 1. The zero-order valence-corrected chi connectivity index (χ0v) is 15.7. The molecule has 0 spiro atoms. The number of hydrogen-bond donors (Lipinski definition) is 1. The number of nitrogens with zero attached hydrogens (tertiary/aromatic N) is 1. The van der Waals surface area contributed by atoms with Crippen LogP contribution in [-0.2, 0) is 6.42 Å². The maximum absolute atomic E-state index is 11.2. The van der Waals surface area contributed by atoms with Crippen molar-refractivity contribution < 1.29 is 24.1 Å². The van der Waals surface area contributed by atoms with Gasteiger partial charge in [0.05, 0.1) is 32.1 Å². The van der Waals surface area contributed by atoms with Crippen molar-refractivity contribution in [1.29, 1.82) is 0 Å².